The number of benzene rings is 2. The average molecular weight is 519 g/mol. The number of carboxylic acid groups (broad SMARTS) is 1. The highest BCUT2D eigenvalue weighted by atomic mass is 19.1. The van der Waals surface area contributed by atoms with Gasteiger partial charge in [0, 0.05) is 42.7 Å². The Balaban J connectivity index is 1.90. The third kappa shape index (κ3) is 6.62. The van der Waals surface area contributed by atoms with Gasteiger partial charge in [0.25, 0.3) is 5.91 Å². The minimum absolute atomic E-state index is 0.00791. The molecule has 0 fully saturated rings. The van der Waals surface area contributed by atoms with Gasteiger partial charge in [-0.05, 0) is 55.2 Å². The molecular formula is C27H32F2N2O6. The third-order valence-corrected chi connectivity index (χ3v) is 6.36. The number of hydrogen-bond donors (Lipinski definition) is 3. The lowest BCUT2D eigenvalue weighted by atomic mass is 9.84. The van der Waals surface area contributed by atoms with Crippen LogP contribution in [0.2, 0.25) is 0 Å². The van der Waals surface area contributed by atoms with E-state index in [1.807, 2.05) is 0 Å². The fraction of sp³-hybridized carbons (Fsp3) is 0.444. The topological polar surface area (TPSA) is 116 Å². The average Bonchev–Trinajstić information content (AvgIpc) is 2.80. The Morgan fingerprint density at radius 3 is 2.43 bits per heavy atom. The number of carboxylic acids is 1. The summed E-state index contributed by atoms with van der Waals surface area (Å²) in [5, 5.41) is 21.3. The maximum absolute atomic E-state index is 15.0. The molecule has 0 bridgehead atoms. The Bertz CT molecular complexity index is 1160. The summed E-state index contributed by atoms with van der Waals surface area (Å²) in [5.74, 6) is -3.79. The van der Waals surface area contributed by atoms with Gasteiger partial charge in [-0.2, -0.15) is 0 Å². The van der Waals surface area contributed by atoms with Crippen molar-refractivity contribution < 1.29 is 38.1 Å². The van der Waals surface area contributed by atoms with Gasteiger partial charge in [0.1, 0.15) is 23.4 Å². The smallest absolute Gasteiger partial charge is 0.303 e. The molecule has 0 spiro atoms. The van der Waals surface area contributed by atoms with Gasteiger partial charge in [0.15, 0.2) is 0 Å². The molecule has 10 heteroatoms. The van der Waals surface area contributed by atoms with Gasteiger partial charge < -0.3 is 25.2 Å². The molecule has 37 heavy (non-hydrogen) atoms. The number of rotatable bonds is 10. The second-order valence-electron chi connectivity index (χ2n) is 9.70. The number of fused-ring (bicyclic) bond motifs is 1. The molecule has 1 atom stereocenters. The number of carbonyl (C=O) groups is 3. The molecule has 0 aliphatic carbocycles. The summed E-state index contributed by atoms with van der Waals surface area (Å²) < 4.78 is 35.4. The highest BCUT2D eigenvalue weighted by Crippen LogP contribution is 2.35. The highest BCUT2D eigenvalue weighted by molar-refractivity contribution is 5.98. The van der Waals surface area contributed by atoms with E-state index in [2.05, 4.69) is 5.32 Å². The molecule has 1 aliphatic heterocycles. The normalized spacial score (nSPS) is 15.3. The van der Waals surface area contributed by atoms with Crippen molar-refractivity contribution in [3.8, 4) is 5.75 Å². The van der Waals surface area contributed by atoms with Crippen molar-refractivity contribution in [3.05, 3.63) is 58.7 Å². The monoisotopic (exact) mass is 518 g/mol. The van der Waals surface area contributed by atoms with E-state index in [1.165, 1.54) is 23.1 Å². The predicted molar refractivity (Wildman–Crippen MR) is 132 cm³/mol. The molecule has 2 aromatic carbocycles. The largest absolute Gasteiger partial charge is 0.508 e. The molecule has 2 amide bonds. The summed E-state index contributed by atoms with van der Waals surface area (Å²) >= 11 is 0. The van der Waals surface area contributed by atoms with Crippen molar-refractivity contribution in [1.29, 1.82) is 0 Å². The van der Waals surface area contributed by atoms with Gasteiger partial charge >= 0.3 is 5.97 Å². The molecule has 1 heterocycles. The first-order valence-electron chi connectivity index (χ1n) is 12.2. The number of ether oxygens (including phenoxy) is 1. The zero-order valence-corrected chi connectivity index (χ0v) is 21.1. The Hall–Kier alpha value is -3.53. The van der Waals surface area contributed by atoms with Crippen LogP contribution in [0, 0.1) is 11.6 Å². The van der Waals surface area contributed by atoms with Gasteiger partial charge in [0.05, 0.1) is 6.61 Å². The first-order chi connectivity index (χ1) is 17.4. The van der Waals surface area contributed by atoms with Crippen molar-refractivity contribution >= 4 is 23.5 Å². The minimum Gasteiger partial charge on any atom is -0.508 e. The quantitative estimate of drug-likeness (QED) is 0.432. The van der Waals surface area contributed by atoms with Crippen LogP contribution >= 0.6 is 0 Å². The first kappa shape index (κ1) is 28.0. The molecule has 3 rings (SSSR count). The molecule has 8 nitrogen and oxygen atoms in total. The van der Waals surface area contributed by atoms with Crippen LogP contribution in [0.4, 0.5) is 14.5 Å². The number of aromatic hydroxyl groups is 1. The zero-order chi connectivity index (χ0) is 27.3. The number of phenols is 1. The molecule has 0 saturated heterocycles. The molecule has 3 N–H and O–H groups in total. The zero-order valence-electron chi connectivity index (χ0n) is 21.1. The fourth-order valence-electron chi connectivity index (χ4n) is 4.63. The number of hydrogen-bond acceptors (Lipinski definition) is 5. The number of aliphatic carboxylic acids is 1. The lowest BCUT2D eigenvalue weighted by Gasteiger charge is -2.36. The number of halogens is 2. The molecule has 0 saturated carbocycles. The summed E-state index contributed by atoms with van der Waals surface area (Å²) in [6, 6.07) is 5.38. The van der Waals surface area contributed by atoms with Crippen molar-refractivity contribution in [2.45, 2.75) is 57.9 Å². The standard InChI is InChI=1S/C27H32F2N2O6/c1-4-37-15-27(2,3)24-20(28)13-17(14-21(24)29)30-26(36)25-19-9-8-18(32)12-16(19)10-11-31(25)22(33)6-5-7-23(34)35/h8-9,12-14,25,32H,4-7,10-11,15H2,1-3H3,(H,30,36)(H,34,35). The van der Waals surface area contributed by atoms with Crippen molar-refractivity contribution in [3.63, 3.8) is 0 Å². The Morgan fingerprint density at radius 1 is 1.14 bits per heavy atom. The van der Waals surface area contributed by atoms with Gasteiger partial charge in [0.2, 0.25) is 5.91 Å². The van der Waals surface area contributed by atoms with E-state index >= 15 is 8.78 Å². The van der Waals surface area contributed by atoms with E-state index in [4.69, 9.17) is 9.84 Å². The Morgan fingerprint density at radius 2 is 1.81 bits per heavy atom. The summed E-state index contributed by atoms with van der Waals surface area (Å²) in [5.41, 5.74) is -0.0765. The summed E-state index contributed by atoms with van der Waals surface area (Å²) in [7, 11) is 0. The fourth-order valence-corrected chi connectivity index (χ4v) is 4.63. The van der Waals surface area contributed by atoms with Crippen LogP contribution in [0.3, 0.4) is 0 Å². The molecule has 200 valence electrons. The van der Waals surface area contributed by atoms with E-state index in [-0.39, 0.29) is 49.4 Å². The minimum atomic E-state index is -1.12. The molecule has 2 aromatic rings. The number of carbonyl (C=O) groups excluding carboxylic acids is 2. The summed E-state index contributed by atoms with van der Waals surface area (Å²) in [4.78, 5) is 38.6. The van der Waals surface area contributed by atoms with Crippen LogP contribution < -0.4 is 5.32 Å². The maximum atomic E-state index is 15.0. The number of phenolic OH excluding ortho intramolecular Hbond substituents is 1. The molecule has 0 radical (unpaired) electrons. The van der Waals surface area contributed by atoms with Crippen molar-refractivity contribution in [1.82, 2.24) is 4.90 Å². The van der Waals surface area contributed by atoms with Crippen LogP contribution in [0.1, 0.15) is 62.8 Å². The van der Waals surface area contributed by atoms with E-state index in [0.29, 0.717) is 24.2 Å². The SMILES string of the molecule is CCOCC(C)(C)c1c(F)cc(NC(=O)C2c3ccc(O)cc3CCN2C(=O)CCCC(=O)O)cc1F. The molecule has 1 unspecified atom stereocenters. The number of amides is 2. The third-order valence-electron chi connectivity index (χ3n) is 6.36. The van der Waals surface area contributed by atoms with Crippen LogP contribution in [-0.4, -0.2) is 52.7 Å². The number of anilines is 1. The van der Waals surface area contributed by atoms with Gasteiger partial charge in [-0.25, -0.2) is 8.78 Å². The molecule has 1 aliphatic rings. The maximum Gasteiger partial charge on any atom is 0.303 e. The van der Waals surface area contributed by atoms with Crippen LogP contribution in [-0.2, 0) is 31.0 Å². The van der Waals surface area contributed by atoms with Crippen molar-refractivity contribution in [2.75, 3.05) is 25.1 Å². The van der Waals surface area contributed by atoms with Gasteiger partial charge in [-0.1, -0.05) is 19.9 Å². The van der Waals surface area contributed by atoms with Crippen LogP contribution in [0.15, 0.2) is 30.3 Å². The number of nitrogens with zero attached hydrogens (tertiary/aromatic N) is 1. The summed E-state index contributed by atoms with van der Waals surface area (Å²) in [6.07, 6.45) is 0.226. The van der Waals surface area contributed by atoms with Crippen molar-refractivity contribution in [2.24, 2.45) is 0 Å². The van der Waals surface area contributed by atoms with E-state index in [9.17, 15) is 19.5 Å². The summed E-state index contributed by atoms with van der Waals surface area (Å²) in [6.45, 7) is 5.76. The van der Waals surface area contributed by atoms with Crippen LogP contribution in [0.5, 0.6) is 5.75 Å². The Kier molecular flexibility index (Phi) is 8.85. The second kappa shape index (κ2) is 11.7. The Labute approximate surface area is 214 Å². The second-order valence-corrected chi connectivity index (χ2v) is 9.70. The van der Waals surface area contributed by atoms with Crippen LogP contribution in [0.25, 0.3) is 0 Å². The van der Waals surface area contributed by atoms with E-state index in [1.54, 1.807) is 20.8 Å². The molecular weight excluding hydrogens is 486 g/mol. The van der Waals surface area contributed by atoms with E-state index < -0.39 is 40.9 Å². The first-order valence-corrected chi connectivity index (χ1v) is 12.2. The van der Waals surface area contributed by atoms with Gasteiger partial charge in [-0.15, -0.1) is 0 Å². The lowest BCUT2D eigenvalue weighted by Crippen LogP contribution is -2.45. The molecule has 0 aromatic heterocycles. The van der Waals surface area contributed by atoms with Gasteiger partial charge in [-0.3, -0.25) is 14.4 Å². The lowest BCUT2D eigenvalue weighted by molar-refractivity contribution is -0.140. The highest BCUT2D eigenvalue weighted by Gasteiger charge is 2.36. The number of nitrogens with one attached hydrogen (secondary N) is 1. The predicted octanol–water partition coefficient (Wildman–Crippen LogP) is 4.30. The van der Waals surface area contributed by atoms with E-state index in [0.717, 1.165) is 12.1 Å².